The first-order chi connectivity index (χ1) is 16.7. The third-order valence-corrected chi connectivity index (χ3v) is 5.39. The molecule has 182 valence electrons. The van der Waals surface area contributed by atoms with Gasteiger partial charge in [-0.15, -0.1) is 0 Å². The SMILES string of the molecule is CC(C)(C)OC(=O)N1CC[C@@H](NC(=O)c2ncnc(N)c2-c2ccc(Oc3ccccc3)cc2)C1. The second-order valence-corrected chi connectivity index (χ2v) is 9.31. The van der Waals surface area contributed by atoms with Gasteiger partial charge in [0.05, 0.1) is 5.56 Å². The minimum absolute atomic E-state index is 0.171. The van der Waals surface area contributed by atoms with Crippen molar-refractivity contribution in [2.75, 3.05) is 18.8 Å². The Morgan fingerprint density at radius 2 is 1.71 bits per heavy atom. The molecule has 0 radical (unpaired) electrons. The molecule has 0 bridgehead atoms. The summed E-state index contributed by atoms with van der Waals surface area (Å²) >= 11 is 0. The highest BCUT2D eigenvalue weighted by Crippen LogP contribution is 2.30. The predicted molar refractivity (Wildman–Crippen MR) is 132 cm³/mol. The molecule has 4 rings (SSSR count). The van der Waals surface area contributed by atoms with Crippen LogP contribution in [0.15, 0.2) is 60.9 Å². The molecule has 9 nitrogen and oxygen atoms in total. The monoisotopic (exact) mass is 475 g/mol. The van der Waals surface area contributed by atoms with Crippen molar-refractivity contribution in [1.29, 1.82) is 0 Å². The van der Waals surface area contributed by atoms with Gasteiger partial charge in [-0.05, 0) is 57.0 Å². The fourth-order valence-corrected chi connectivity index (χ4v) is 3.79. The highest BCUT2D eigenvalue weighted by molar-refractivity contribution is 6.01. The Balaban J connectivity index is 1.47. The summed E-state index contributed by atoms with van der Waals surface area (Å²) in [5.74, 6) is 1.19. The highest BCUT2D eigenvalue weighted by atomic mass is 16.6. The van der Waals surface area contributed by atoms with Crippen LogP contribution in [0.25, 0.3) is 11.1 Å². The van der Waals surface area contributed by atoms with E-state index in [0.717, 1.165) is 5.75 Å². The number of aromatic nitrogens is 2. The molecule has 1 saturated heterocycles. The summed E-state index contributed by atoms with van der Waals surface area (Å²) in [6, 6.07) is 16.4. The summed E-state index contributed by atoms with van der Waals surface area (Å²) in [5.41, 5.74) is 6.88. The highest BCUT2D eigenvalue weighted by Gasteiger charge is 2.31. The fourth-order valence-electron chi connectivity index (χ4n) is 3.79. The van der Waals surface area contributed by atoms with Crippen LogP contribution in [0.3, 0.4) is 0 Å². The van der Waals surface area contributed by atoms with Gasteiger partial charge >= 0.3 is 6.09 Å². The number of carbonyl (C=O) groups is 2. The van der Waals surface area contributed by atoms with Crippen LogP contribution in [-0.4, -0.2) is 51.6 Å². The minimum atomic E-state index is -0.576. The second kappa shape index (κ2) is 10.0. The molecular weight excluding hydrogens is 446 g/mol. The number of para-hydroxylation sites is 1. The van der Waals surface area contributed by atoms with Crippen molar-refractivity contribution in [2.24, 2.45) is 0 Å². The summed E-state index contributed by atoms with van der Waals surface area (Å²) in [5, 5.41) is 2.97. The Hall–Kier alpha value is -4.14. The Morgan fingerprint density at radius 3 is 2.40 bits per heavy atom. The van der Waals surface area contributed by atoms with Gasteiger partial charge in [-0.3, -0.25) is 4.79 Å². The van der Waals surface area contributed by atoms with Gasteiger partial charge in [0.25, 0.3) is 5.91 Å². The molecule has 1 atom stereocenters. The molecule has 35 heavy (non-hydrogen) atoms. The number of benzene rings is 2. The van der Waals surface area contributed by atoms with Gasteiger partial charge in [0, 0.05) is 19.1 Å². The lowest BCUT2D eigenvalue weighted by atomic mass is 10.0. The summed E-state index contributed by atoms with van der Waals surface area (Å²) in [6.45, 7) is 6.33. The first-order valence-electron chi connectivity index (χ1n) is 11.4. The van der Waals surface area contributed by atoms with E-state index >= 15 is 0 Å². The average Bonchev–Trinajstić information content (AvgIpc) is 3.28. The maximum Gasteiger partial charge on any atom is 0.410 e. The average molecular weight is 476 g/mol. The topological polar surface area (TPSA) is 120 Å². The third kappa shape index (κ3) is 6.06. The number of nitrogens with one attached hydrogen (secondary N) is 1. The molecule has 3 N–H and O–H groups in total. The van der Waals surface area contributed by atoms with Crippen molar-refractivity contribution in [1.82, 2.24) is 20.2 Å². The summed E-state index contributed by atoms with van der Waals surface area (Å²) in [6.07, 6.45) is 1.49. The molecule has 3 aromatic rings. The molecule has 0 saturated carbocycles. The largest absolute Gasteiger partial charge is 0.457 e. The van der Waals surface area contributed by atoms with E-state index in [4.69, 9.17) is 15.2 Å². The van der Waals surface area contributed by atoms with E-state index in [2.05, 4.69) is 15.3 Å². The van der Waals surface area contributed by atoms with E-state index in [-0.39, 0.29) is 29.6 Å². The zero-order valence-electron chi connectivity index (χ0n) is 20.0. The van der Waals surface area contributed by atoms with Crippen molar-refractivity contribution in [3.8, 4) is 22.6 Å². The van der Waals surface area contributed by atoms with Gasteiger partial charge in [-0.25, -0.2) is 14.8 Å². The Labute approximate surface area is 204 Å². The van der Waals surface area contributed by atoms with Gasteiger partial charge in [0.1, 0.15) is 34.9 Å². The molecule has 2 heterocycles. The number of nitrogens with zero attached hydrogens (tertiary/aromatic N) is 3. The quantitative estimate of drug-likeness (QED) is 0.566. The molecule has 1 aliphatic heterocycles. The van der Waals surface area contributed by atoms with Gasteiger partial charge in [-0.1, -0.05) is 30.3 Å². The fraction of sp³-hybridized carbons (Fsp3) is 0.308. The molecule has 0 aliphatic carbocycles. The maximum absolute atomic E-state index is 13.1. The summed E-state index contributed by atoms with van der Waals surface area (Å²) in [7, 11) is 0. The van der Waals surface area contributed by atoms with E-state index in [9.17, 15) is 9.59 Å². The third-order valence-electron chi connectivity index (χ3n) is 5.39. The van der Waals surface area contributed by atoms with Crippen LogP contribution in [-0.2, 0) is 4.74 Å². The van der Waals surface area contributed by atoms with Gasteiger partial charge in [-0.2, -0.15) is 0 Å². The lowest BCUT2D eigenvalue weighted by Gasteiger charge is -2.24. The Bertz CT molecular complexity index is 1190. The number of nitrogens with two attached hydrogens (primary N) is 1. The molecule has 2 aromatic carbocycles. The van der Waals surface area contributed by atoms with Crippen LogP contribution >= 0.6 is 0 Å². The van der Waals surface area contributed by atoms with E-state index in [1.54, 1.807) is 17.0 Å². The number of ether oxygens (including phenoxy) is 2. The van der Waals surface area contributed by atoms with Gasteiger partial charge in [0.2, 0.25) is 0 Å². The van der Waals surface area contributed by atoms with E-state index in [1.165, 1.54) is 6.33 Å². The Kier molecular flexibility index (Phi) is 6.86. The minimum Gasteiger partial charge on any atom is -0.457 e. The van der Waals surface area contributed by atoms with Crippen LogP contribution in [0.4, 0.5) is 10.6 Å². The lowest BCUT2D eigenvalue weighted by molar-refractivity contribution is 0.0290. The maximum atomic E-state index is 13.1. The van der Waals surface area contributed by atoms with Gasteiger partial charge in [0.15, 0.2) is 0 Å². The first-order valence-corrected chi connectivity index (χ1v) is 11.4. The van der Waals surface area contributed by atoms with Gasteiger partial charge < -0.3 is 25.4 Å². The van der Waals surface area contributed by atoms with E-state index in [1.807, 2.05) is 63.2 Å². The summed E-state index contributed by atoms with van der Waals surface area (Å²) < 4.78 is 11.3. The van der Waals surface area contributed by atoms with Crippen LogP contribution in [0.1, 0.15) is 37.7 Å². The predicted octanol–water partition coefficient (Wildman–Crippen LogP) is 4.26. The van der Waals surface area contributed by atoms with Crippen LogP contribution in [0.2, 0.25) is 0 Å². The smallest absolute Gasteiger partial charge is 0.410 e. The number of amides is 2. The van der Waals surface area contributed by atoms with Crippen molar-refractivity contribution in [3.05, 3.63) is 66.6 Å². The number of carbonyl (C=O) groups excluding carboxylic acids is 2. The van der Waals surface area contributed by atoms with E-state index < -0.39 is 5.60 Å². The standard InChI is InChI=1S/C26H29N5O4/c1-26(2,3)35-25(33)31-14-13-18(15-31)30-24(32)22-21(23(27)29-16-28-22)17-9-11-20(12-10-17)34-19-7-5-4-6-8-19/h4-12,16,18H,13-15H2,1-3H3,(H,30,32)(H2,27,28,29)/t18-/m1/s1. The molecule has 0 unspecified atom stereocenters. The molecule has 9 heteroatoms. The van der Waals surface area contributed by atoms with Crippen LogP contribution in [0.5, 0.6) is 11.5 Å². The van der Waals surface area contributed by atoms with Crippen molar-refractivity contribution in [3.63, 3.8) is 0 Å². The lowest BCUT2D eigenvalue weighted by Crippen LogP contribution is -2.40. The molecule has 2 amide bonds. The zero-order chi connectivity index (χ0) is 25.0. The first kappa shape index (κ1) is 24.0. The van der Waals surface area contributed by atoms with Crippen molar-refractivity contribution < 1.29 is 19.1 Å². The summed E-state index contributed by atoms with van der Waals surface area (Å²) in [4.78, 5) is 35.4. The molecule has 1 fully saturated rings. The number of likely N-dealkylation sites (tertiary alicyclic amines) is 1. The molecule has 1 aromatic heterocycles. The number of anilines is 1. The van der Waals surface area contributed by atoms with Crippen LogP contribution < -0.4 is 15.8 Å². The Morgan fingerprint density at radius 1 is 1.03 bits per heavy atom. The van der Waals surface area contributed by atoms with Crippen LogP contribution in [0, 0.1) is 0 Å². The molecule has 1 aliphatic rings. The molecular formula is C26H29N5O4. The zero-order valence-corrected chi connectivity index (χ0v) is 20.0. The second-order valence-electron chi connectivity index (χ2n) is 9.31. The van der Waals surface area contributed by atoms with Crippen molar-refractivity contribution >= 4 is 17.8 Å². The molecule has 0 spiro atoms. The van der Waals surface area contributed by atoms with E-state index in [0.29, 0.717) is 36.4 Å². The number of nitrogen functional groups attached to an aromatic ring is 1. The number of hydrogen-bond acceptors (Lipinski definition) is 7. The van der Waals surface area contributed by atoms with Crippen molar-refractivity contribution in [2.45, 2.75) is 38.8 Å². The number of hydrogen-bond donors (Lipinski definition) is 2. The normalized spacial score (nSPS) is 15.5. The number of rotatable bonds is 5.